The number of benzene rings is 2. The van der Waals surface area contributed by atoms with E-state index in [4.69, 9.17) is 55.4 Å². The van der Waals surface area contributed by atoms with Gasteiger partial charge < -0.3 is 37.9 Å². The Bertz CT molecular complexity index is 848. The van der Waals surface area contributed by atoms with E-state index >= 15 is 0 Å². The van der Waals surface area contributed by atoms with Gasteiger partial charge in [-0.25, -0.2) is 0 Å². The van der Waals surface area contributed by atoms with Crippen molar-refractivity contribution in [1.29, 1.82) is 0 Å². The molecule has 190 valence electrons. The van der Waals surface area contributed by atoms with Gasteiger partial charge in [0, 0.05) is 22.7 Å². The molecule has 0 aliphatic carbocycles. The number of aliphatic carboxylic acids is 2. The number of halogens is 2. The van der Waals surface area contributed by atoms with Crippen LogP contribution in [0.25, 0.3) is 0 Å². The Morgan fingerprint density at radius 1 is 1.09 bits per heavy atom. The fraction of sp³-hybridized carbons (Fsp3) is 0.318. The zero-order chi connectivity index (χ0) is 26.5. The Hall–Kier alpha value is -2.73. The van der Waals surface area contributed by atoms with Crippen LogP contribution in [0.3, 0.4) is 0 Å². The number of hydrogen-bond acceptors (Lipinski definition) is 8. The molecule has 0 saturated carbocycles. The smallest absolute Gasteiger partial charge is 0.320 e. The van der Waals surface area contributed by atoms with E-state index in [0.717, 1.165) is 11.3 Å². The lowest BCUT2D eigenvalue weighted by atomic mass is 10.2. The van der Waals surface area contributed by atoms with E-state index in [1.54, 1.807) is 19.2 Å². The first kappa shape index (κ1) is 33.4. The van der Waals surface area contributed by atoms with Gasteiger partial charge in [-0.2, -0.15) is 0 Å². The van der Waals surface area contributed by atoms with Crippen molar-refractivity contribution in [3.05, 3.63) is 63.6 Å². The second-order valence-electron chi connectivity index (χ2n) is 6.27. The Morgan fingerprint density at radius 3 is 2.06 bits per heavy atom. The zero-order valence-corrected chi connectivity index (χ0v) is 20.3. The van der Waals surface area contributed by atoms with Crippen molar-refractivity contribution in [2.24, 2.45) is 22.9 Å². The van der Waals surface area contributed by atoms with Crippen molar-refractivity contribution in [1.82, 2.24) is 0 Å². The molecule has 0 aliphatic rings. The molecule has 0 radical (unpaired) electrons. The van der Waals surface area contributed by atoms with Crippen LogP contribution in [0.4, 0.5) is 0 Å². The number of rotatable bonds is 8. The molecule has 0 amide bonds. The predicted octanol–water partition coefficient (Wildman–Crippen LogP) is 2.13. The number of aldehydes is 1. The van der Waals surface area contributed by atoms with Gasteiger partial charge >= 0.3 is 11.9 Å². The maximum absolute atomic E-state index is 10.2. The first-order chi connectivity index (χ1) is 16.1. The van der Waals surface area contributed by atoms with Crippen molar-refractivity contribution in [3.8, 4) is 5.75 Å². The molecule has 10 nitrogen and oxygen atoms in total. The summed E-state index contributed by atoms with van der Waals surface area (Å²) < 4.78 is 5.06. The van der Waals surface area contributed by atoms with E-state index in [9.17, 15) is 14.4 Å². The molecule has 0 spiro atoms. The molecular formula is C22H32Cl2N4O6. The van der Waals surface area contributed by atoms with Crippen LogP contribution in [-0.4, -0.2) is 54.7 Å². The third-order valence-electron chi connectivity index (χ3n) is 3.71. The second-order valence-corrected chi connectivity index (χ2v) is 7.12. The summed E-state index contributed by atoms with van der Waals surface area (Å²) in [6.45, 7) is 0.755. The predicted molar refractivity (Wildman–Crippen MR) is 133 cm³/mol. The number of hydrogen-bond donors (Lipinski definition) is 6. The molecule has 34 heavy (non-hydrogen) atoms. The van der Waals surface area contributed by atoms with Gasteiger partial charge in [-0.15, -0.1) is 0 Å². The zero-order valence-electron chi connectivity index (χ0n) is 18.8. The minimum absolute atomic E-state index is 0.278. The van der Waals surface area contributed by atoms with Gasteiger partial charge in [0.2, 0.25) is 0 Å². The number of methoxy groups -OCH3 is 1. The molecule has 2 aromatic carbocycles. The maximum Gasteiger partial charge on any atom is 0.320 e. The Morgan fingerprint density at radius 2 is 1.68 bits per heavy atom. The standard InChI is InChI=1S/C8H11NO.C7H4Cl2O.C5H12N2O2.C2H5NO2/c1-10-8-5-3-2-4-7(8)6-9;8-6-2-1-5(4-10)7(9)3-6;6-3-1-2-4(7)5(8)9;3-1-2(4)5/h2-5H,6,9H2,1H3;1-4H;4H,1-3,6-7H2,(H,8,9);1,3H2,(H,4,5)/t;;4-;/m..0./s1. The number of nitrogens with two attached hydrogens (primary N) is 4. The van der Waals surface area contributed by atoms with Crippen LogP contribution >= 0.6 is 23.2 Å². The molecule has 0 bridgehead atoms. The van der Waals surface area contributed by atoms with Crippen molar-refractivity contribution in [2.75, 3.05) is 20.2 Å². The molecule has 0 aromatic heterocycles. The first-order valence-electron chi connectivity index (χ1n) is 9.90. The normalized spacial score (nSPS) is 10.1. The third-order valence-corrected chi connectivity index (χ3v) is 4.28. The van der Waals surface area contributed by atoms with Crippen LogP contribution in [0.1, 0.15) is 28.8 Å². The average molecular weight is 519 g/mol. The van der Waals surface area contributed by atoms with Gasteiger partial charge in [-0.3, -0.25) is 14.4 Å². The summed E-state index contributed by atoms with van der Waals surface area (Å²) in [5.41, 5.74) is 21.8. The first-order valence-corrected chi connectivity index (χ1v) is 10.7. The number of carbonyl (C=O) groups is 3. The van der Waals surface area contributed by atoms with E-state index in [-0.39, 0.29) is 6.54 Å². The Kier molecular flexibility index (Phi) is 20.5. The largest absolute Gasteiger partial charge is 0.496 e. The average Bonchev–Trinajstić information content (AvgIpc) is 2.83. The van der Waals surface area contributed by atoms with Crippen LogP contribution in [0, 0.1) is 0 Å². The van der Waals surface area contributed by atoms with Crippen LogP contribution in [0.2, 0.25) is 10.0 Å². The fourth-order valence-electron chi connectivity index (χ4n) is 1.93. The number of carboxylic acids is 2. The number of ether oxygens (including phenoxy) is 1. The number of para-hydroxylation sites is 1. The third kappa shape index (κ3) is 16.8. The van der Waals surface area contributed by atoms with Crippen LogP contribution in [0.15, 0.2) is 42.5 Å². The summed E-state index contributed by atoms with van der Waals surface area (Å²) >= 11 is 11.2. The summed E-state index contributed by atoms with van der Waals surface area (Å²) in [6, 6.07) is 11.7. The van der Waals surface area contributed by atoms with Gasteiger partial charge in [0.15, 0.2) is 6.29 Å². The summed E-state index contributed by atoms with van der Waals surface area (Å²) in [5, 5.41) is 16.8. The van der Waals surface area contributed by atoms with E-state index in [1.807, 2.05) is 24.3 Å². The highest BCUT2D eigenvalue weighted by molar-refractivity contribution is 6.36. The summed E-state index contributed by atoms with van der Waals surface area (Å²) in [7, 11) is 1.65. The topological polar surface area (TPSA) is 205 Å². The quantitative estimate of drug-likeness (QED) is 0.280. The van der Waals surface area contributed by atoms with Crippen LogP contribution in [0.5, 0.6) is 5.75 Å². The molecule has 0 saturated heterocycles. The highest BCUT2D eigenvalue weighted by atomic mass is 35.5. The molecule has 12 heteroatoms. The molecule has 10 N–H and O–H groups in total. The SMILES string of the molecule is COc1ccccc1CN.NCC(=O)O.NCCC[C@H](N)C(=O)O.O=Cc1ccc(Cl)cc1Cl. The number of carbonyl (C=O) groups excluding carboxylic acids is 1. The summed E-state index contributed by atoms with van der Waals surface area (Å²) in [5.74, 6) is -1.06. The molecule has 2 aromatic rings. The van der Waals surface area contributed by atoms with Gasteiger partial charge in [-0.05, 0) is 43.7 Å². The van der Waals surface area contributed by atoms with E-state index in [2.05, 4.69) is 5.73 Å². The molecule has 1 atom stereocenters. The van der Waals surface area contributed by atoms with E-state index in [0.29, 0.717) is 47.8 Å². The van der Waals surface area contributed by atoms with E-state index < -0.39 is 18.0 Å². The summed E-state index contributed by atoms with van der Waals surface area (Å²) in [6.07, 6.45) is 1.83. The van der Waals surface area contributed by atoms with E-state index in [1.165, 1.54) is 6.07 Å². The molecule has 0 heterocycles. The van der Waals surface area contributed by atoms with Gasteiger partial charge in [0.05, 0.1) is 18.7 Å². The lowest BCUT2D eigenvalue weighted by Gasteiger charge is -2.03. The van der Waals surface area contributed by atoms with Crippen molar-refractivity contribution < 1.29 is 29.3 Å². The number of carboxylic acid groups (broad SMARTS) is 2. The highest BCUT2D eigenvalue weighted by Crippen LogP contribution is 2.19. The van der Waals surface area contributed by atoms with Gasteiger partial charge in [-0.1, -0.05) is 41.4 Å². The highest BCUT2D eigenvalue weighted by Gasteiger charge is 2.08. The van der Waals surface area contributed by atoms with Gasteiger partial charge in [0.1, 0.15) is 11.8 Å². The van der Waals surface area contributed by atoms with Crippen molar-refractivity contribution in [3.63, 3.8) is 0 Å². The van der Waals surface area contributed by atoms with Gasteiger partial charge in [0.25, 0.3) is 0 Å². The van der Waals surface area contributed by atoms with Crippen LogP contribution in [-0.2, 0) is 16.1 Å². The minimum atomic E-state index is -0.968. The van der Waals surface area contributed by atoms with Crippen molar-refractivity contribution in [2.45, 2.75) is 25.4 Å². The molecule has 2 rings (SSSR count). The van der Waals surface area contributed by atoms with Crippen LogP contribution < -0.4 is 27.7 Å². The summed E-state index contributed by atoms with van der Waals surface area (Å²) in [4.78, 5) is 29.5. The Labute approximate surface area is 208 Å². The lowest BCUT2D eigenvalue weighted by molar-refractivity contribution is -0.138. The molecular weight excluding hydrogens is 487 g/mol. The lowest BCUT2D eigenvalue weighted by Crippen LogP contribution is -2.30. The molecule has 0 unspecified atom stereocenters. The maximum atomic E-state index is 10.2. The molecule has 0 aliphatic heterocycles. The fourth-order valence-corrected chi connectivity index (χ4v) is 2.38. The monoisotopic (exact) mass is 518 g/mol. The molecule has 0 fully saturated rings. The van der Waals surface area contributed by atoms with Crippen molar-refractivity contribution >= 4 is 41.4 Å². The Balaban J connectivity index is 0. The second kappa shape index (κ2) is 20.8. The minimum Gasteiger partial charge on any atom is -0.496 e.